The first-order chi connectivity index (χ1) is 16.7. The number of ether oxygens (including phenoxy) is 1. The minimum absolute atomic E-state index is 0.605. The number of aryl methyl sites for hydroxylation is 2. The first kappa shape index (κ1) is 21.2. The second-order valence-corrected chi connectivity index (χ2v) is 16.7. The van der Waals surface area contributed by atoms with Crippen molar-refractivity contribution in [2.24, 2.45) is 0 Å². The molecule has 0 fully saturated rings. The van der Waals surface area contributed by atoms with E-state index in [0.29, 0.717) is 5.88 Å². The van der Waals surface area contributed by atoms with Crippen molar-refractivity contribution in [1.29, 1.82) is 0 Å². The van der Waals surface area contributed by atoms with Crippen LogP contribution in [0.15, 0.2) is 103 Å². The van der Waals surface area contributed by atoms with Crippen LogP contribution in [0.1, 0.15) is 11.1 Å². The number of hydrogen-bond donors (Lipinski definition) is 0. The van der Waals surface area contributed by atoms with E-state index >= 15 is 0 Å². The Kier molecular flexibility index (Phi) is 5.47. The summed E-state index contributed by atoms with van der Waals surface area (Å²) in [6, 6.07) is 32.4. The number of nitrogens with zero attached hydrogens (tertiary/aromatic N) is 2. The van der Waals surface area contributed by atoms with Crippen molar-refractivity contribution < 1.29 is 4.74 Å². The topological polar surface area (TPSA) is 35.0 Å². The second-order valence-electron chi connectivity index (χ2n) is 8.58. The molecular weight excluding hydrogens is 613 g/mol. The zero-order chi connectivity index (χ0) is 23.1. The molecule has 6 rings (SSSR count). The predicted molar refractivity (Wildman–Crippen MR) is 140 cm³/mol. The number of aromatic nitrogens is 2. The number of benzene rings is 3. The van der Waals surface area contributed by atoms with Crippen LogP contribution in [0.5, 0.6) is 11.6 Å². The first-order valence-electron chi connectivity index (χ1n) is 11.3. The van der Waals surface area contributed by atoms with Gasteiger partial charge in [0.15, 0.2) is 0 Å². The van der Waals surface area contributed by atoms with Crippen molar-refractivity contribution >= 4 is 31.7 Å². The van der Waals surface area contributed by atoms with Crippen LogP contribution in [-0.2, 0) is 0 Å². The van der Waals surface area contributed by atoms with Gasteiger partial charge in [0.2, 0.25) is 0 Å². The van der Waals surface area contributed by atoms with Gasteiger partial charge in [0.05, 0.1) is 0 Å². The summed E-state index contributed by atoms with van der Waals surface area (Å²) in [5, 5.41) is 0. The molecule has 164 valence electrons. The Morgan fingerprint density at radius 1 is 0.647 bits per heavy atom. The molecule has 0 spiro atoms. The summed E-state index contributed by atoms with van der Waals surface area (Å²) in [5.74, 6) is 1.39. The van der Waals surface area contributed by atoms with Crippen molar-refractivity contribution in [2.75, 3.05) is 0 Å². The van der Waals surface area contributed by atoms with Crippen molar-refractivity contribution in [1.82, 2.24) is 9.97 Å². The normalized spacial score (nSPS) is 12.3. The van der Waals surface area contributed by atoms with E-state index in [1.165, 1.54) is 32.2 Å². The van der Waals surface area contributed by atoms with Crippen molar-refractivity contribution in [3.05, 3.63) is 115 Å². The standard InChI is InChI=1S/C24H17NO.C6H6N.Bi/c1-18-10-15-24(25-17-18)26-23-9-5-8-22(16-23)21-13-11-20(12-14-21)19-6-3-2-4-7-19;1-6-2-4-7-5-3-6;/h2-6,8-11,13-17H,1H3;2-4H,1H3;. The van der Waals surface area contributed by atoms with E-state index in [0.717, 1.165) is 16.9 Å². The van der Waals surface area contributed by atoms with Gasteiger partial charge in [-0.1, -0.05) is 0 Å². The number of fused-ring (bicyclic) bond motifs is 3. The van der Waals surface area contributed by atoms with Gasteiger partial charge in [0.1, 0.15) is 0 Å². The van der Waals surface area contributed by atoms with Crippen LogP contribution < -0.4 is 14.7 Å². The van der Waals surface area contributed by atoms with Gasteiger partial charge in [0.25, 0.3) is 0 Å². The molecule has 0 atom stereocenters. The molecule has 2 aromatic heterocycles. The van der Waals surface area contributed by atoms with Crippen LogP contribution in [0, 0.1) is 13.8 Å². The molecule has 3 nitrogen and oxygen atoms in total. The molecular formula is C30H23BiN2O. The summed E-state index contributed by atoms with van der Waals surface area (Å²) in [6.07, 6.45) is 3.79. The molecule has 0 unspecified atom stereocenters. The van der Waals surface area contributed by atoms with Crippen LogP contribution in [0.25, 0.3) is 22.3 Å². The molecule has 0 amide bonds. The van der Waals surface area contributed by atoms with Gasteiger partial charge in [-0.15, -0.1) is 0 Å². The first-order valence-corrected chi connectivity index (χ1v) is 16.5. The SMILES string of the molecule is Cc1ccc(Oc2cccc(-c3ccc4[c](c3)[Bi]([c]3cc(C)ccn3)[c]3ccccc3-4)c2)nc1. The van der Waals surface area contributed by atoms with Gasteiger partial charge in [-0.3, -0.25) is 0 Å². The summed E-state index contributed by atoms with van der Waals surface area (Å²) in [5.41, 5.74) is 7.50. The molecule has 34 heavy (non-hydrogen) atoms. The predicted octanol–water partition coefficient (Wildman–Crippen LogP) is 5.05. The van der Waals surface area contributed by atoms with Crippen LogP contribution in [0.2, 0.25) is 0 Å². The fourth-order valence-electron chi connectivity index (χ4n) is 4.41. The average molecular weight is 637 g/mol. The van der Waals surface area contributed by atoms with E-state index in [2.05, 4.69) is 78.6 Å². The molecule has 0 radical (unpaired) electrons. The van der Waals surface area contributed by atoms with E-state index < -0.39 is 21.8 Å². The van der Waals surface area contributed by atoms with Crippen LogP contribution in [0.3, 0.4) is 0 Å². The molecule has 1 aliphatic heterocycles. The molecule has 0 saturated carbocycles. The van der Waals surface area contributed by atoms with Gasteiger partial charge < -0.3 is 0 Å². The summed E-state index contributed by atoms with van der Waals surface area (Å²) < 4.78 is 10.3. The Balaban J connectivity index is 1.41. The Hall–Kier alpha value is -3.36. The summed E-state index contributed by atoms with van der Waals surface area (Å²) >= 11 is -2.46. The third-order valence-electron chi connectivity index (χ3n) is 6.08. The number of rotatable bonds is 4. The summed E-state index contributed by atoms with van der Waals surface area (Å²) in [4.78, 5) is 9.23. The molecule has 3 aromatic carbocycles. The maximum atomic E-state index is 6.03. The molecule has 0 saturated heterocycles. The summed E-state index contributed by atoms with van der Waals surface area (Å²) in [7, 11) is 0. The molecule has 0 aliphatic carbocycles. The number of hydrogen-bond acceptors (Lipinski definition) is 3. The van der Waals surface area contributed by atoms with Gasteiger partial charge in [-0.25, -0.2) is 0 Å². The molecule has 1 aliphatic rings. The Morgan fingerprint density at radius 2 is 1.50 bits per heavy atom. The van der Waals surface area contributed by atoms with Gasteiger partial charge in [-0.2, -0.15) is 0 Å². The fourth-order valence-corrected chi connectivity index (χ4v) is 14.7. The summed E-state index contributed by atoms with van der Waals surface area (Å²) in [6.45, 7) is 4.18. The Bertz CT molecular complexity index is 1510. The average Bonchev–Trinajstić information content (AvgIpc) is 3.19. The van der Waals surface area contributed by atoms with Gasteiger partial charge in [0, 0.05) is 0 Å². The van der Waals surface area contributed by atoms with Gasteiger partial charge >= 0.3 is 209 Å². The zero-order valence-electron chi connectivity index (χ0n) is 19.1. The van der Waals surface area contributed by atoms with E-state index in [1.54, 1.807) is 0 Å². The molecule has 0 bridgehead atoms. The van der Waals surface area contributed by atoms with E-state index in [1.807, 2.05) is 43.6 Å². The molecule has 5 aromatic rings. The molecule has 3 heterocycles. The maximum absolute atomic E-state index is 6.03. The zero-order valence-corrected chi connectivity index (χ0v) is 22.5. The van der Waals surface area contributed by atoms with Crippen LogP contribution in [-0.4, -0.2) is 31.7 Å². The second kappa shape index (κ2) is 8.78. The van der Waals surface area contributed by atoms with E-state index in [4.69, 9.17) is 9.72 Å². The molecule has 4 heteroatoms. The van der Waals surface area contributed by atoms with Crippen LogP contribution in [0.4, 0.5) is 0 Å². The monoisotopic (exact) mass is 636 g/mol. The van der Waals surface area contributed by atoms with Crippen molar-refractivity contribution in [3.63, 3.8) is 0 Å². The third kappa shape index (κ3) is 3.93. The van der Waals surface area contributed by atoms with E-state index in [9.17, 15) is 0 Å². The third-order valence-corrected chi connectivity index (χ3v) is 15.5. The Morgan fingerprint density at radius 3 is 2.35 bits per heavy atom. The minimum atomic E-state index is -2.46. The van der Waals surface area contributed by atoms with Crippen molar-refractivity contribution in [3.8, 4) is 33.9 Å². The Labute approximate surface area is 207 Å². The van der Waals surface area contributed by atoms with Crippen molar-refractivity contribution in [2.45, 2.75) is 13.8 Å². The quantitative estimate of drug-likeness (QED) is 0.254. The number of pyridine rings is 2. The van der Waals surface area contributed by atoms with Crippen LogP contribution >= 0.6 is 0 Å². The molecule has 0 N–H and O–H groups in total. The fraction of sp³-hybridized carbons (Fsp3) is 0.0667. The van der Waals surface area contributed by atoms with E-state index in [-0.39, 0.29) is 0 Å². The van der Waals surface area contributed by atoms with Gasteiger partial charge in [-0.05, 0) is 0 Å².